The van der Waals surface area contributed by atoms with Gasteiger partial charge in [0.05, 0.1) is 12.0 Å². The SMILES string of the molecule is CC(C)Oc1ccc(COC(=O)C2CCCc3[nH]c4cc5c(cc4c32)OCO5)cc1. The van der Waals surface area contributed by atoms with Gasteiger partial charge in [0, 0.05) is 22.7 Å². The van der Waals surface area contributed by atoms with Gasteiger partial charge in [-0.25, -0.2) is 0 Å². The molecular weight excluding hydrogens is 382 g/mol. The lowest BCUT2D eigenvalue weighted by Crippen LogP contribution is -2.20. The lowest BCUT2D eigenvalue weighted by Gasteiger charge is -2.22. The Labute approximate surface area is 175 Å². The summed E-state index contributed by atoms with van der Waals surface area (Å²) in [6.45, 7) is 4.47. The number of aromatic amines is 1. The number of fused-ring (bicyclic) bond motifs is 4. The van der Waals surface area contributed by atoms with Crippen molar-refractivity contribution in [3.8, 4) is 17.2 Å². The summed E-state index contributed by atoms with van der Waals surface area (Å²) < 4.78 is 22.4. The summed E-state index contributed by atoms with van der Waals surface area (Å²) in [5, 5.41) is 1.02. The number of hydrogen-bond acceptors (Lipinski definition) is 5. The van der Waals surface area contributed by atoms with E-state index in [2.05, 4.69) is 4.98 Å². The number of aromatic nitrogens is 1. The number of rotatable bonds is 5. The number of H-pyrrole nitrogens is 1. The van der Waals surface area contributed by atoms with Crippen LogP contribution in [0.2, 0.25) is 0 Å². The van der Waals surface area contributed by atoms with Crippen molar-refractivity contribution in [2.75, 3.05) is 6.79 Å². The fraction of sp³-hybridized carbons (Fsp3) is 0.375. The van der Waals surface area contributed by atoms with Crippen LogP contribution in [0, 0.1) is 0 Å². The number of carbonyl (C=O) groups excluding carboxylic acids is 1. The molecule has 3 aromatic rings. The zero-order valence-corrected chi connectivity index (χ0v) is 17.2. The van der Waals surface area contributed by atoms with Crippen LogP contribution in [0.25, 0.3) is 10.9 Å². The topological polar surface area (TPSA) is 69.8 Å². The van der Waals surface area contributed by atoms with Crippen LogP contribution in [0.4, 0.5) is 0 Å². The molecule has 0 bridgehead atoms. The minimum absolute atomic E-state index is 0.128. The first-order valence-electron chi connectivity index (χ1n) is 10.4. The Morgan fingerprint density at radius 2 is 1.93 bits per heavy atom. The Balaban J connectivity index is 1.34. The first-order valence-corrected chi connectivity index (χ1v) is 10.4. The Bertz CT molecular complexity index is 1080. The minimum Gasteiger partial charge on any atom is -0.491 e. The first-order chi connectivity index (χ1) is 14.6. The molecule has 30 heavy (non-hydrogen) atoms. The molecule has 0 radical (unpaired) electrons. The van der Waals surface area contributed by atoms with Crippen LogP contribution >= 0.6 is 0 Å². The zero-order chi connectivity index (χ0) is 20.7. The number of aryl methyl sites for hydroxylation is 1. The van der Waals surface area contributed by atoms with Crippen molar-refractivity contribution in [1.82, 2.24) is 4.98 Å². The average molecular weight is 407 g/mol. The van der Waals surface area contributed by atoms with Crippen molar-refractivity contribution in [3.05, 3.63) is 53.2 Å². The van der Waals surface area contributed by atoms with Crippen molar-refractivity contribution >= 4 is 16.9 Å². The van der Waals surface area contributed by atoms with E-state index in [0.717, 1.165) is 64.2 Å². The van der Waals surface area contributed by atoms with Crippen LogP contribution in [0.5, 0.6) is 17.2 Å². The van der Waals surface area contributed by atoms with E-state index in [1.54, 1.807) is 0 Å². The number of hydrogen-bond donors (Lipinski definition) is 1. The Kier molecular flexibility index (Phi) is 4.77. The standard InChI is InChI=1S/C24H25NO5/c1-14(2)30-16-8-6-15(7-9-16)12-27-24(26)17-4-3-5-19-23(17)18-10-21-22(29-13-28-21)11-20(18)25-19/h6-11,14,17,25H,3-5,12-13H2,1-2H3. The molecule has 2 aromatic carbocycles. The van der Waals surface area contributed by atoms with E-state index in [1.165, 1.54) is 0 Å². The van der Waals surface area contributed by atoms with Crippen LogP contribution in [0.3, 0.4) is 0 Å². The summed E-state index contributed by atoms with van der Waals surface area (Å²) in [5.74, 6) is 1.83. The van der Waals surface area contributed by atoms with Crippen molar-refractivity contribution in [2.45, 2.75) is 51.7 Å². The summed E-state index contributed by atoms with van der Waals surface area (Å²) in [6, 6.07) is 11.6. The maximum absolute atomic E-state index is 13.0. The summed E-state index contributed by atoms with van der Waals surface area (Å²) >= 11 is 0. The highest BCUT2D eigenvalue weighted by atomic mass is 16.7. The molecule has 2 heterocycles. The molecule has 1 aliphatic heterocycles. The van der Waals surface area contributed by atoms with Gasteiger partial charge in [-0.3, -0.25) is 4.79 Å². The molecule has 0 fully saturated rings. The quantitative estimate of drug-likeness (QED) is 0.613. The molecule has 1 N–H and O–H groups in total. The molecule has 2 aliphatic rings. The first kappa shape index (κ1) is 18.9. The fourth-order valence-electron chi connectivity index (χ4n) is 4.31. The highest BCUT2D eigenvalue weighted by molar-refractivity contribution is 5.93. The van der Waals surface area contributed by atoms with E-state index < -0.39 is 0 Å². The lowest BCUT2D eigenvalue weighted by molar-refractivity contribution is -0.147. The highest BCUT2D eigenvalue weighted by Crippen LogP contribution is 2.43. The largest absolute Gasteiger partial charge is 0.491 e. The number of carbonyl (C=O) groups is 1. The predicted molar refractivity (Wildman–Crippen MR) is 112 cm³/mol. The van der Waals surface area contributed by atoms with Crippen LogP contribution in [-0.4, -0.2) is 23.9 Å². The average Bonchev–Trinajstić information content (AvgIpc) is 3.34. The van der Waals surface area contributed by atoms with Crippen LogP contribution in [0.15, 0.2) is 36.4 Å². The third-order valence-corrected chi connectivity index (χ3v) is 5.64. The summed E-state index contributed by atoms with van der Waals surface area (Å²) in [5.41, 5.74) is 4.07. The molecule has 0 saturated heterocycles. The zero-order valence-electron chi connectivity index (χ0n) is 17.2. The van der Waals surface area contributed by atoms with Gasteiger partial charge in [-0.2, -0.15) is 0 Å². The third kappa shape index (κ3) is 3.47. The lowest BCUT2D eigenvalue weighted by atomic mass is 9.85. The van der Waals surface area contributed by atoms with Crippen LogP contribution in [-0.2, 0) is 22.6 Å². The van der Waals surface area contributed by atoms with Gasteiger partial charge in [-0.1, -0.05) is 12.1 Å². The van der Waals surface area contributed by atoms with Gasteiger partial charge < -0.3 is 23.9 Å². The van der Waals surface area contributed by atoms with E-state index in [4.69, 9.17) is 18.9 Å². The molecule has 0 spiro atoms. The maximum Gasteiger partial charge on any atom is 0.313 e. The number of esters is 1. The predicted octanol–water partition coefficient (Wildman–Crippen LogP) is 4.85. The van der Waals surface area contributed by atoms with Crippen molar-refractivity contribution in [2.24, 2.45) is 0 Å². The summed E-state index contributed by atoms with van der Waals surface area (Å²) in [4.78, 5) is 16.5. The van der Waals surface area contributed by atoms with Gasteiger partial charge >= 0.3 is 5.97 Å². The second-order valence-electron chi connectivity index (χ2n) is 8.13. The Hall–Kier alpha value is -3.15. The van der Waals surface area contributed by atoms with E-state index in [9.17, 15) is 4.79 Å². The molecule has 0 saturated carbocycles. The van der Waals surface area contributed by atoms with Gasteiger partial charge in [-0.05, 0) is 62.4 Å². The van der Waals surface area contributed by atoms with Gasteiger partial charge in [0.1, 0.15) is 12.4 Å². The molecule has 6 nitrogen and oxygen atoms in total. The molecule has 1 aromatic heterocycles. The Morgan fingerprint density at radius 1 is 1.17 bits per heavy atom. The monoisotopic (exact) mass is 407 g/mol. The highest BCUT2D eigenvalue weighted by Gasteiger charge is 2.32. The van der Waals surface area contributed by atoms with Gasteiger partial charge in [-0.15, -0.1) is 0 Å². The molecule has 0 amide bonds. The normalized spacial score (nSPS) is 17.2. The molecule has 156 valence electrons. The summed E-state index contributed by atoms with van der Waals surface area (Å²) in [7, 11) is 0. The third-order valence-electron chi connectivity index (χ3n) is 5.64. The molecule has 1 atom stereocenters. The second kappa shape index (κ2) is 7.59. The molecule has 6 heteroatoms. The van der Waals surface area contributed by atoms with E-state index in [1.807, 2.05) is 50.2 Å². The van der Waals surface area contributed by atoms with Crippen LogP contribution in [0.1, 0.15) is 49.4 Å². The Morgan fingerprint density at radius 3 is 2.70 bits per heavy atom. The van der Waals surface area contributed by atoms with Crippen LogP contribution < -0.4 is 14.2 Å². The van der Waals surface area contributed by atoms with Gasteiger partial charge in [0.15, 0.2) is 11.5 Å². The smallest absolute Gasteiger partial charge is 0.313 e. The number of nitrogens with one attached hydrogen (secondary N) is 1. The fourth-order valence-corrected chi connectivity index (χ4v) is 4.31. The molecule has 1 unspecified atom stereocenters. The van der Waals surface area contributed by atoms with Crippen molar-refractivity contribution in [1.29, 1.82) is 0 Å². The minimum atomic E-state index is -0.272. The number of benzene rings is 2. The molecule has 1 aliphatic carbocycles. The van der Waals surface area contributed by atoms with Crippen molar-refractivity contribution < 1.29 is 23.7 Å². The molecule has 5 rings (SSSR count). The van der Waals surface area contributed by atoms with E-state index in [-0.39, 0.29) is 31.4 Å². The maximum atomic E-state index is 13.0. The summed E-state index contributed by atoms with van der Waals surface area (Å²) in [6.07, 6.45) is 2.79. The van der Waals surface area contributed by atoms with Gasteiger partial charge in [0.2, 0.25) is 6.79 Å². The van der Waals surface area contributed by atoms with Gasteiger partial charge in [0.25, 0.3) is 0 Å². The van der Waals surface area contributed by atoms with E-state index in [0.29, 0.717) is 0 Å². The van der Waals surface area contributed by atoms with E-state index >= 15 is 0 Å². The number of ether oxygens (including phenoxy) is 4. The molecular formula is C24H25NO5. The van der Waals surface area contributed by atoms with Crippen molar-refractivity contribution in [3.63, 3.8) is 0 Å². The second-order valence-corrected chi connectivity index (χ2v) is 8.13.